The zero-order chi connectivity index (χ0) is 20.5. The maximum absolute atomic E-state index is 12.3. The first-order valence-corrected chi connectivity index (χ1v) is 9.44. The average Bonchev–Trinajstić information content (AvgIpc) is 2.76. The van der Waals surface area contributed by atoms with E-state index in [1.807, 2.05) is 55.5 Å². The fourth-order valence-corrected chi connectivity index (χ4v) is 2.88. The minimum atomic E-state index is -0.428. The molecule has 0 atom stereocenters. The lowest BCUT2D eigenvalue weighted by molar-refractivity contribution is -0.117. The first-order chi connectivity index (χ1) is 14.2. The molecule has 1 N–H and O–H groups in total. The van der Waals surface area contributed by atoms with Crippen molar-refractivity contribution in [2.24, 2.45) is 0 Å². The summed E-state index contributed by atoms with van der Waals surface area (Å²) in [5.74, 6) is 1.09. The predicted octanol–water partition coefficient (Wildman–Crippen LogP) is 4.34. The number of ether oxygens (including phenoxy) is 2. The number of benzene rings is 3. The zero-order valence-corrected chi connectivity index (χ0v) is 16.2. The van der Waals surface area contributed by atoms with Crippen LogP contribution < -0.4 is 14.8 Å². The van der Waals surface area contributed by atoms with Gasteiger partial charge in [0.25, 0.3) is 5.91 Å². The number of nitriles is 1. The summed E-state index contributed by atoms with van der Waals surface area (Å²) in [6, 6.07) is 23.0. The van der Waals surface area contributed by atoms with Gasteiger partial charge in [-0.25, -0.2) is 0 Å². The molecule has 0 bridgehead atoms. The topological polar surface area (TPSA) is 71.3 Å². The second kappa shape index (κ2) is 9.95. The van der Waals surface area contributed by atoms with Gasteiger partial charge >= 0.3 is 0 Å². The van der Waals surface area contributed by atoms with Crippen molar-refractivity contribution in [3.8, 4) is 17.6 Å². The normalized spacial score (nSPS) is 11.0. The molecule has 0 spiro atoms. The molecular formula is C24H22N2O3. The van der Waals surface area contributed by atoms with Crippen molar-refractivity contribution in [1.29, 1.82) is 5.26 Å². The summed E-state index contributed by atoms with van der Waals surface area (Å²) >= 11 is 0. The Morgan fingerprint density at radius 1 is 1.03 bits per heavy atom. The van der Waals surface area contributed by atoms with Crippen molar-refractivity contribution in [2.75, 3.05) is 19.8 Å². The molecule has 0 saturated carbocycles. The van der Waals surface area contributed by atoms with E-state index in [1.54, 1.807) is 30.3 Å². The molecule has 0 heterocycles. The van der Waals surface area contributed by atoms with Crippen molar-refractivity contribution in [3.63, 3.8) is 0 Å². The summed E-state index contributed by atoms with van der Waals surface area (Å²) in [5, 5.41) is 14.2. The molecule has 0 aliphatic heterocycles. The van der Waals surface area contributed by atoms with Crippen molar-refractivity contribution in [1.82, 2.24) is 5.32 Å². The molecule has 0 unspecified atom stereocenters. The Balaban J connectivity index is 1.55. The van der Waals surface area contributed by atoms with Gasteiger partial charge in [0.1, 0.15) is 29.7 Å². The summed E-state index contributed by atoms with van der Waals surface area (Å²) in [6.45, 7) is 3.10. The van der Waals surface area contributed by atoms with Gasteiger partial charge < -0.3 is 14.8 Å². The first kappa shape index (κ1) is 20.0. The molecule has 3 aromatic rings. The van der Waals surface area contributed by atoms with Gasteiger partial charge in [0.2, 0.25) is 0 Å². The van der Waals surface area contributed by atoms with E-state index >= 15 is 0 Å². The Morgan fingerprint density at radius 2 is 1.79 bits per heavy atom. The fourth-order valence-electron chi connectivity index (χ4n) is 2.88. The van der Waals surface area contributed by atoms with Crippen LogP contribution in [0.2, 0.25) is 0 Å². The van der Waals surface area contributed by atoms with Gasteiger partial charge in [-0.1, -0.05) is 48.5 Å². The summed E-state index contributed by atoms with van der Waals surface area (Å²) in [7, 11) is 0. The largest absolute Gasteiger partial charge is 0.494 e. The van der Waals surface area contributed by atoms with Crippen LogP contribution in [0.25, 0.3) is 16.8 Å². The number of carbonyl (C=O) groups is 1. The van der Waals surface area contributed by atoms with Crippen LogP contribution in [-0.4, -0.2) is 25.7 Å². The van der Waals surface area contributed by atoms with Gasteiger partial charge in [0, 0.05) is 5.39 Å². The standard InChI is InChI=1S/C24H22N2O3/c1-2-28-21-12-10-18(11-13-21)16-20(17-25)24(27)26-14-15-29-23-9-5-7-19-6-3-4-8-22(19)23/h3-13,16H,2,14-15H2,1H3,(H,26,27)/b20-16+. The molecule has 146 valence electrons. The number of hydrogen-bond donors (Lipinski definition) is 1. The number of carbonyl (C=O) groups excluding carboxylic acids is 1. The monoisotopic (exact) mass is 386 g/mol. The highest BCUT2D eigenvalue weighted by atomic mass is 16.5. The fraction of sp³-hybridized carbons (Fsp3) is 0.167. The Kier molecular flexibility index (Phi) is 6.85. The van der Waals surface area contributed by atoms with Crippen LogP contribution in [0.4, 0.5) is 0 Å². The van der Waals surface area contributed by atoms with Crippen LogP contribution in [0.15, 0.2) is 72.3 Å². The van der Waals surface area contributed by atoms with Gasteiger partial charge in [-0.05, 0) is 42.1 Å². The molecule has 5 nitrogen and oxygen atoms in total. The second-order valence-electron chi connectivity index (χ2n) is 6.25. The van der Waals surface area contributed by atoms with E-state index in [2.05, 4.69) is 5.32 Å². The third-order valence-electron chi connectivity index (χ3n) is 4.26. The van der Waals surface area contributed by atoms with Gasteiger partial charge in [-0.2, -0.15) is 5.26 Å². The lowest BCUT2D eigenvalue weighted by Crippen LogP contribution is -2.29. The summed E-state index contributed by atoms with van der Waals surface area (Å²) in [4.78, 5) is 12.3. The molecule has 0 aliphatic rings. The van der Waals surface area contributed by atoms with Crippen LogP contribution in [-0.2, 0) is 4.79 Å². The maximum Gasteiger partial charge on any atom is 0.262 e. The van der Waals surface area contributed by atoms with E-state index in [0.717, 1.165) is 27.8 Å². The van der Waals surface area contributed by atoms with Crippen molar-refractivity contribution < 1.29 is 14.3 Å². The van der Waals surface area contributed by atoms with Gasteiger partial charge in [0.05, 0.1) is 13.2 Å². The molecular weight excluding hydrogens is 364 g/mol. The van der Waals surface area contributed by atoms with Gasteiger partial charge in [-0.3, -0.25) is 4.79 Å². The molecule has 29 heavy (non-hydrogen) atoms. The van der Waals surface area contributed by atoms with Crippen LogP contribution >= 0.6 is 0 Å². The van der Waals surface area contributed by atoms with E-state index in [9.17, 15) is 10.1 Å². The van der Waals surface area contributed by atoms with Gasteiger partial charge in [-0.15, -0.1) is 0 Å². The lowest BCUT2D eigenvalue weighted by Gasteiger charge is -2.10. The highest BCUT2D eigenvalue weighted by Gasteiger charge is 2.09. The van der Waals surface area contributed by atoms with E-state index < -0.39 is 5.91 Å². The van der Waals surface area contributed by atoms with Crippen molar-refractivity contribution in [2.45, 2.75) is 6.92 Å². The number of rotatable bonds is 8. The Labute approximate surface area is 170 Å². The van der Waals surface area contributed by atoms with Crippen molar-refractivity contribution >= 4 is 22.8 Å². The molecule has 5 heteroatoms. The number of nitrogens with one attached hydrogen (secondary N) is 1. The third-order valence-corrected chi connectivity index (χ3v) is 4.26. The number of fused-ring (bicyclic) bond motifs is 1. The molecule has 0 aliphatic carbocycles. The predicted molar refractivity (Wildman–Crippen MR) is 114 cm³/mol. The summed E-state index contributed by atoms with van der Waals surface area (Å²) < 4.78 is 11.2. The number of nitrogens with zero attached hydrogens (tertiary/aromatic N) is 1. The molecule has 0 radical (unpaired) electrons. The Morgan fingerprint density at radius 3 is 2.55 bits per heavy atom. The number of amides is 1. The quantitative estimate of drug-likeness (QED) is 0.355. The number of hydrogen-bond acceptors (Lipinski definition) is 4. The highest BCUT2D eigenvalue weighted by molar-refractivity contribution is 6.01. The first-order valence-electron chi connectivity index (χ1n) is 9.44. The molecule has 3 aromatic carbocycles. The van der Waals surface area contributed by atoms with Gasteiger partial charge in [0.15, 0.2) is 0 Å². The second-order valence-corrected chi connectivity index (χ2v) is 6.25. The Bertz CT molecular complexity index is 1040. The Hall–Kier alpha value is -3.78. The van der Waals surface area contributed by atoms with Crippen LogP contribution in [0.5, 0.6) is 11.5 Å². The minimum absolute atomic E-state index is 0.0410. The third kappa shape index (κ3) is 5.36. The smallest absolute Gasteiger partial charge is 0.262 e. The minimum Gasteiger partial charge on any atom is -0.494 e. The van der Waals surface area contributed by atoms with Crippen LogP contribution in [0, 0.1) is 11.3 Å². The SMILES string of the molecule is CCOc1ccc(/C=C(\C#N)C(=O)NCCOc2cccc3ccccc23)cc1. The highest BCUT2D eigenvalue weighted by Crippen LogP contribution is 2.24. The van der Waals surface area contributed by atoms with E-state index in [-0.39, 0.29) is 5.57 Å². The molecule has 0 aromatic heterocycles. The van der Waals surface area contributed by atoms with Crippen molar-refractivity contribution in [3.05, 3.63) is 77.9 Å². The molecule has 1 amide bonds. The van der Waals surface area contributed by atoms with Crippen LogP contribution in [0.3, 0.4) is 0 Å². The average molecular weight is 386 g/mol. The van der Waals surface area contributed by atoms with E-state index in [1.165, 1.54) is 0 Å². The maximum atomic E-state index is 12.3. The molecule has 0 fully saturated rings. The zero-order valence-electron chi connectivity index (χ0n) is 16.2. The lowest BCUT2D eigenvalue weighted by atomic mass is 10.1. The molecule has 3 rings (SSSR count). The van der Waals surface area contributed by atoms with Crippen LogP contribution in [0.1, 0.15) is 12.5 Å². The molecule has 0 saturated heterocycles. The summed E-state index contributed by atoms with van der Waals surface area (Å²) in [5.41, 5.74) is 0.798. The van der Waals surface area contributed by atoms with E-state index in [0.29, 0.717) is 19.8 Å². The summed E-state index contributed by atoms with van der Waals surface area (Å²) in [6.07, 6.45) is 1.55. The van der Waals surface area contributed by atoms with E-state index in [4.69, 9.17) is 9.47 Å².